The minimum atomic E-state index is -1.03. The molecule has 2 aromatic carbocycles. The number of esters is 1. The van der Waals surface area contributed by atoms with Gasteiger partial charge in [0.2, 0.25) is 5.78 Å². The topological polar surface area (TPSA) is 73.6 Å². The fourth-order valence-electron chi connectivity index (χ4n) is 2.89. The third kappa shape index (κ3) is 3.93. The molecule has 0 radical (unpaired) electrons. The standard InChI is InChI=1S/C23H20O5/c1-4-6-17-7-5-8-18-13-19(23(26)28-21(17)18)22(25)27-15(3)20(24)16-11-9-14(2)10-12-16/h4-5,7-13,15H,1,6H2,2-3H3. The van der Waals surface area contributed by atoms with E-state index in [1.165, 1.54) is 13.0 Å². The highest BCUT2D eigenvalue weighted by Gasteiger charge is 2.23. The smallest absolute Gasteiger partial charge is 0.351 e. The normalized spacial score (nSPS) is 11.8. The van der Waals surface area contributed by atoms with E-state index in [2.05, 4.69) is 6.58 Å². The number of hydrogen-bond acceptors (Lipinski definition) is 5. The maximum Gasteiger partial charge on any atom is 0.351 e. The number of allylic oxidation sites excluding steroid dienone is 1. The zero-order valence-corrected chi connectivity index (χ0v) is 15.7. The van der Waals surface area contributed by atoms with Crippen LogP contribution in [0.5, 0.6) is 0 Å². The summed E-state index contributed by atoms with van der Waals surface area (Å²) in [7, 11) is 0. The SMILES string of the molecule is C=CCc1cccc2cc(C(=O)OC(C)C(=O)c3ccc(C)cc3)c(=O)oc12. The highest BCUT2D eigenvalue weighted by Crippen LogP contribution is 2.20. The van der Waals surface area contributed by atoms with Crippen molar-refractivity contribution in [1.82, 2.24) is 0 Å². The lowest BCUT2D eigenvalue weighted by Gasteiger charge is -2.12. The molecule has 0 fully saturated rings. The van der Waals surface area contributed by atoms with E-state index in [0.29, 0.717) is 23.0 Å². The molecule has 0 aliphatic rings. The number of ether oxygens (including phenoxy) is 1. The van der Waals surface area contributed by atoms with Crippen LogP contribution in [0.2, 0.25) is 0 Å². The number of Topliss-reactive ketones (excluding diaryl/α,β-unsaturated/α-hetero) is 1. The van der Waals surface area contributed by atoms with E-state index in [1.807, 2.05) is 13.0 Å². The van der Waals surface area contributed by atoms with Crippen LogP contribution in [-0.4, -0.2) is 17.9 Å². The number of fused-ring (bicyclic) bond motifs is 1. The Balaban J connectivity index is 1.85. The minimum Gasteiger partial charge on any atom is -0.450 e. The number of rotatable bonds is 6. The van der Waals surface area contributed by atoms with Gasteiger partial charge < -0.3 is 9.15 Å². The highest BCUT2D eigenvalue weighted by molar-refractivity contribution is 6.01. The largest absolute Gasteiger partial charge is 0.450 e. The summed E-state index contributed by atoms with van der Waals surface area (Å²) in [5, 5.41) is 0.600. The second-order valence-corrected chi connectivity index (χ2v) is 6.55. The molecule has 0 N–H and O–H groups in total. The number of benzene rings is 2. The van der Waals surface area contributed by atoms with Gasteiger partial charge in [0.05, 0.1) is 0 Å². The molecule has 5 nitrogen and oxygen atoms in total. The molecule has 1 atom stereocenters. The fraction of sp³-hybridized carbons (Fsp3) is 0.174. The summed E-state index contributed by atoms with van der Waals surface area (Å²) in [4.78, 5) is 37.2. The second kappa shape index (κ2) is 8.05. The van der Waals surface area contributed by atoms with Crippen LogP contribution >= 0.6 is 0 Å². The highest BCUT2D eigenvalue weighted by atomic mass is 16.5. The van der Waals surface area contributed by atoms with Gasteiger partial charge in [-0.2, -0.15) is 0 Å². The van der Waals surface area contributed by atoms with Crippen molar-refractivity contribution in [3.63, 3.8) is 0 Å². The Bertz CT molecular complexity index is 1110. The van der Waals surface area contributed by atoms with E-state index in [4.69, 9.17) is 9.15 Å². The quantitative estimate of drug-likeness (QED) is 0.278. The summed E-state index contributed by atoms with van der Waals surface area (Å²) < 4.78 is 10.6. The lowest BCUT2D eigenvalue weighted by Crippen LogP contribution is -2.27. The van der Waals surface area contributed by atoms with Gasteiger partial charge in [0, 0.05) is 10.9 Å². The molecule has 0 aliphatic carbocycles. The molecule has 1 unspecified atom stereocenters. The summed E-state index contributed by atoms with van der Waals surface area (Å²) in [5.41, 5.74) is 1.62. The monoisotopic (exact) mass is 376 g/mol. The van der Waals surface area contributed by atoms with E-state index < -0.39 is 17.7 Å². The lowest BCUT2D eigenvalue weighted by molar-refractivity contribution is 0.0315. The first-order valence-electron chi connectivity index (χ1n) is 8.89. The molecule has 0 saturated heterocycles. The van der Waals surface area contributed by atoms with E-state index >= 15 is 0 Å². The number of carbonyl (C=O) groups is 2. The molecular formula is C23H20O5. The molecule has 0 saturated carbocycles. The maximum absolute atomic E-state index is 12.5. The second-order valence-electron chi connectivity index (χ2n) is 6.55. The molecule has 1 aromatic heterocycles. The van der Waals surface area contributed by atoms with Crippen LogP contribution in [0.3, 0.4) is 0 Å². The third-order valence-electron chi connectivity index (χ3n) is 4.41. The van der Waals surface area contributed by atoms with E-state index in [1.54, 1.807) is 42.5 Å². The van der Waals surface area contributed by atoms with E-state index in [-0.39, 0.29) is 11.3 Å². The molecule has 5 heteroatoms. The minimum absolute atomic E-state index is 0.244. The van der Waals surface area contributed by atoms with Crippen LogP contribution in [0.15, 0.2) is 70.4 Å². The predicted octanol–water partition coefficient (Wildman–Crippen LogP) is 4.26. The van der Waals surface area contributed by atoms with Gasteiger partial charge in [0.1, 0.15) is 11.1 Å². The molecule has 0 aliphatic heterocycles. The Hall–Kier alpha value is -3.47. The summed E-state index contributed by atoms with van der Waals surface area (Å²) in [6.45, 7) is 7.08. The molecule has 3 aromatic rings. The molecule has 0 spiro atoms. The van der Waals surface area contributed by atoms with Gasteiger partial charge in [-0.05, 0) is 31.9 Å². The van der Waals surface area contributed by atoms with Crippen LogP contribution in [-0.2, 0) is 11.2 Å². The van der Waals surface area contributed by atoms with Crippen molar-refractivity contribution in [2.24, 2.45) is 0 Å². The van der Waals surface area contributed by atoms with Crippen LogP contribution < -0.4 is 5.63 Å². The van der Waals surface area contributed by atoms with Crippen LogP contribution in [0, 0.1) is 6.92 Å². The van der Waals surface area contributed by atoms with Crippen molar-refractivity contribution >= 4 is 22.7 Å². The number of hydrogen-bond donors (Lipinski definition) is 0. The molecular weight excluding hydrogens is 356 g/mol. The first-order valence-corrected chi connectivity index (χ1v) is 8.89. The molecule has 3 rings (SSSR count). The Labute approximate surface area is 162 Å². The van der Waals surface area contributed by atoms with Crippen LogP contribution in [0.4, 0.5) is 0 Å². The Morgan fingerprint density at radius 2 is 1.89 bits per heavy atom. The van der Waals surface area contributed by atoms with Crippen molar-refractivity contribution < 1.29 is 18.7 Å². The van der Waals surface area contributed by atoms with Gasteiger partial charge in [-0.15, -0.1) is 6.58 Å². The molecule has 28 heavy (non-hydrogen) atoms. The first kappa shape index (κ1) is 19.3. The zero-order valence-electron chi connectivity index (χ0n) is 15.7. The van der Waals surface area contributed by atoms with Crippen molar-refractivity contribution in [1.29, 1.82) is 0 Å². The zero-order chi connectivity index (χ0) is 20.3. The molecule has 142 valence electrons. The first-order chi connectivity index (χ1) is 13.4. The number of aryl methyl sites for hydroxylation is 1. The van der Waals surface area contributed by atoms with Crippen molar-refractivity contribution in [3.8, 4) is 0 Å². The van der Waals surface area contributed by atoms with Gasteiger partial charge in [0.25, 0.3) is 0 Å². The van der Waals surface area contributed by atoms with Gasteiger partial charge in [0.15, 0.2) is 6.10 Å². The lowest BCUT2D eigenvalue weighted by atomic mass is 10.1. The van der Waals surface area contributed by atoms with Crippen LogP contribution in [0.25, 0.3) is 11.0 Å². The Kier molecular flexibility index (Phi) is 5.54. The fourth-order valence-corrected chi connectivity index (χ4v) is 2.89. The predicted molar refractivity (Wildman–Crippen MR) is 107 cm³/mol. The molecule has 0 amide bonds. The average molecular weight is 376 g/mol. The number of para-hydroxylation sites is 1. The van der Waals surface area contributed by atoms with E-state index in [9.17, 15) is 14.4 Å². The van der Waals surface area contributed by atoms with Gasteiger partial charge in [-0.3, -0.25) is 4.79 Å². The third-order valence-corrected chi connectivity index (χ3v) is 4.41. The summed E-state index contributed by atoms with van der Waals surface area (Å²) in [5.74, 6) is -1.23. The Morgan fingerprint density at radius 1 is 1.18 bits per heavy atom. The van der Waals surface area contributed by atoms with Crippen molar-refractivity contribution in [3.05, 3.63) is 93.9 Å². The molecule has 1 heterocycles. The van der Waals surface area contributed by atoms with Crippen molar-refractivity contribution in [2.45, 2.75) is 26.4 Å². The van der Waals surface area contributed by atoms with Gasteiger partial charge >= 0.3 is 11.6 Å². The Morgan fingerprint density at radius 3 is 2.57 bits per heavy atom. The van der Waals surface area contributed by atoms with Gasteiger partial charge in [-0.1, -0.05) is 54.1 Å². The summed E-state index contributed by atoms with van der Waals surface area (Å²) in [6, 6.07) is 13.8. The average Bonchev–Trinajstić information content (AvgIpc) is 2.68. The summed E-state index contributed by atoms with van der Waals surface area (Å²) >= 11 is 0. The molecule has 0 bridgehead atoms. The van der Waals surface area contributed by atoms with Crippen LogP contribution in [0.1, 0.15) is 38.8 Å². The maximum atomic E-state index is 12.5. The van der Waals surface area contributed by atoms with Gasteiger partial charge in [-0.25, -0.2) is 9.59 Å². The van der Waals surface area contributed by atoms with Crippen molar-refractivity contribution in [2.75, 3.05) is 0 Å². The number of ketones is 1. The van der Waals surface area contributed by atoms with E-state index in [0.717, 1.165) is 11.1 Å². The summed E-state index contributed by atoms with van der Waals surface area (Å²) in [6.07, 6.45) is 1.21. The number of carbonyl (C=O) groups excluding carboxylic acids is 2.